The molecular weight excluding hydrogens is 1060 g/mol. The molecule has 5 amide bonds. The Balaban J connectivity index is 0.000000206. The summed E-state index contributed by atoms with van der Waals surface area (Å²) >= 11 is 12.6. The molecule has 5 N–H and O–H groups in total. The number of amides is 5. The summed E-state index contributed by atoms with van der Waals surface area (Å²) in [4.78, 5) is 70.0. The quantitative estimate of drug-likeness (QED) is 0.0744. The minimum atomic E-state index is -0.119. The Hall–Kier alpha value is -6.92. The molecule has 0 saturated carbocycles. The van der Waals surface area contributed by atoms with Crippen LogP contribution in [0.5, 0.6) is 0 Å². The number of anilines is 6. The summed E-state index contributed by atoms with van der Waals surface area (Å²) in [6.45, 7) is 11.0. The first-order chi connectivity index (χ1) is 37.6. The normalized spacial score (nSPS) is 15.0. The number of fused-ring (bicyclic) bond motifs is 4. The number of aromatic nitrogens is 4. The van der Waals surface area contributed by atoms with Gasteiger partial charge in [-0.1, -0.05) is 54.4 Å². The van der Waals surface area contributed by atoms with E-state index in [0.29, 0.717) is 78.4 Å². The molecule has 6 aromatic rings. The van der Waals surface area contributed by atoms with Gasteiger partial charge in [0.05, 0.1) is 48.2 Å². The Morgan fingerprint density at radius 3 is 1.49 bits per heavy atom. The number of likely N-dealkylation sites (tertiary alicyclic amines) is 1. The van der Waals surface area contributed by atoms with Gasteiger partial charge in [-0.25, -0.2) is 0 Å². The Bertz CT molecular complexity index is 3200. The molecule has 6 heterocycles. The number of halogens is 3. The number of aryl methyl sites for hydroxylation is 4. The van der Waals surface area contributed by atoms with E-state index < -0.39 is 0 Å². The SMILES string of the molecule is CCC(=O)N1CCC(CCC(=O)NCc2ccc(C(=O)N3Cc4cnn(C)c4Nc4cc(Cl)ccc43)c(C)c2)CC1.Cc1cc(CNC(=O)CCC2CCNCC2)ccc1C(=O)N1Cc2cnn(C)c2Nc2cc(Cl)ccc21.Cl. The Morgan fingerprint density at radius 1 is 0.620 bits per heavy atom. The monoisotopic (exact) mass is 1130 g/mol. The van der Waals surface area contributed by atoms with E-state index in [1.54, 1.807) is 43.7 Å². The van der Waals surface area contributed by atoms with Crippen LogP contribution < -0.4 is 36.4 Å². The highest BCUT2D eigenvalue weighted by atomic mass is 35.5. The van der Waals surface area contributed by atoms with Crippen molar-refractivity contribution >= 4 is 99.5 Å². The lowest BCUT2D eigenvalue weighted by Crippen LogP contribution is -2.38. The van der Waals surface area contributed by atoms with E-state index in [4.69, 9.17) is 23.2 Å². The second-order valence-corrected chi connectivity index (χ2v) is 21.8. The maximum absolute atomic E-state index is 13.9. The van der Waals surface area contributed by atoms with Gasteiger partial charge in [0.1, 0.15) is 11.6 Å². The van der Waals surface area contributed by atoms with Gasteiger partial charge < -0.3 is 41.3 Å². The van der Waals surface area contributed by atoms with Gasteiger partial charge in [0.25, 0.3) is 11.8 Å². The Morgan fingerprint density at radius 2 is 1.06 bits per heavy atom. The highest BCUT2D eigenvalue weighted by Crippen LogP contribution is 2.40. The molecule has 0 radical (unpaired) electrons. The number of piperidine rings is 2. The molecular formula is C59H71Cl3N12O5. The van der Waals surface area contributed by atoms with Crippen LogP contribution in [0, 0.1) is 25.7 Å². The first-order valence-electron chi connectivity index (χ1n) is 27.1. The molecule has 0 aliphatic carbocycles. The lowest BCUT2D eigenvalue weighted by atomic mass is 9.92. The molecule has 2 aromatic heterocycles. The highest BCUT2D eigenvalue weighted by molar-refractivity contribution is 6.31. The number of hydrogen-bond donors (Lipinski definition) is 5. The smallest absolute Gasteiger partial charge is 0.258 e. The van der Waals surface area contributed by atoms with Gasteiger partial charge in [-0.15, -0.1) is 12.4 Å². The number of nitrogens with zero attached hydrogens (tertiary/aromatic N) is 7. The summed E-state index contributed by atoms with van der Waals surface area (Å²) in [6.07, 6.45) is 11.1. The summed E-state index contributed by atoms with van der Waals surface area (Å²) in [5, 5.41) is 26.1. The fraction of sp³-hybridized carbons (Fsp3) is 0.407. The third-order valence-electron chi connectivity index (χ3n) is 15.5. The standard InChI is InChI=1S/C31H37ClN6O3.C28H33ClN6O2.ClH/c1-4-29(40)37-13-11-21(12-14-37)6-10-28(39)33-17-22-5-8-25(20(2)15-22)31(41)38-19-23-18-34-36(3)30(23)35-26-16-24(32)7-9-27(26)38;1-18-13-20(15-31-26(36)8-4-19-9-11-30-12-10-19)3-6-23(18)28(37)35-17-21-16-32-34(2)27(21)33-24-14-22(29)5-7-25(24)35;/h5,7-9,15-16,18,21,35H,4,6,10-14,17,19H2,1-3H3,(H,33,39);3,5-7,13-14,16,19,30,33H,4,8-12,15,17H2,1-2H3,(H,31,36);1H. The van der Waals surface area contributed by atoms with Gasteiger partial charge >= 0.3 is 0 Å². The molecule has 4 aliphatic heterocycles. The molecule has 4 aliphatic rings. The van der Waals surface area contributed by atoms with E-state index in [1.807, 2.05) is 100 Å². The minimum Gasteiger partial charge on any atom is -0.352 e. The van der Waals surface area contributed by atoms with Crippen LogP contribution in [0.2, 0.25) is 10.0 Å². The zero-order chi connectivity index (χ0) is 55.0. The number of rotatable bonds is 13. The van der Waals surface area contributed by atoms with Crippen molar-refractivity contribution in [2.45, 2.75) is 105 Å². The summed E-state index contributed by atoms with van der Waals surface area (Å²) in [6, 6.07) is 22.4. The molecule has 0 unspecified atom stereocenters. The van der Waals surface area contributed by atoms with E-state index in [-0.39, 0.29) is 41.9 Å². The summed E-state index contributed by atoms with van der Waals surface area (Å²) in [5.74, 6) is 2.87. The summed E-state index contributed by atoms with van der Waals surface area (Å²) in [7, 11) is 3.72. The fourth-order valence-electron chi connectivity index (χ4n) is 10.9. The molecule has 0 atom stereocenters. The summed E-state index contributed by atoms with van der Waals surface area (Å²) in [5.41, 5.74) is 9.67. The van der Waals surface area contributed by atoms with Gasteiger partial charge in [-0.05, 0) is 148 Å². The van der Waals surface area contributed by atoms with Crippen LogP contribution in [0.1, 0.15) is 119 Å². The predicted molar refractivity (Wildman–Crippen MR) is 314 cm³/mol. The molecule has 17 nitrogen and oxygen atoms in total. The second kappa shape index (κ2) is 26.4. The highest BCUT2D eigenvalue weighted by Gasteiger charge is 2.30. The van der Waals surface area contributed by atoms with Gasteiger partial charge in [0.2, 0.25) is 17.7 Å². The van der Waals surface area contributed by atoms with Gasteiger partial charge in [-0.2, -0.15) is 10.2 Å². The number of carbonyl (C=O) groups is 5. The molecule has 0 bridgehead atoms. The van der Waals surface area contributed by atoms with Crippen molar-refractivity contribution in [3.05, 3.63) is 140 Å². The van der Waals surface area contributed by atoms with Gasteiger partial charge in [-0.3, -0.25) is 33.3 Å². The van der Waals surface area contributed by atoms with Crippen LogP contribution in [0.15, 0.2) is 85.2 Å². The van der Waals surface area contributed by atoms with Crippen LogP contribution in [-0.2, 0) is 54.7 Å². The van der Waals surface area contributed by atoms with Crippen molar-refractivity contribution in [1.82, 2.24) is 40.4 Å². The molecule has 418 valence electrons. The van der Waals surface area contributed by atoms with Crippen LogP contribution >= 0.6 is 35.6 Å². The number of hydrogen-bond acceptors (Lipinski definition) is 10. The molecule has 79 heavy (non-hydrogen) atoms. The van der Waals surface area contributed by atoms with Gasteiger partial charge in [0, 0.05) is 91.8 Å². The number of benzene rings is 4. The van der Waals surface area contributed by atoms with E-state index in [1.165, 1.54) is 0 Å². The minimum absolute atomic E-state index is 0. The van der Waals surface area contributed by atoms with Crippen molar-refractivity contribution in [1.29, 1.82) is 0 Å². The maximum Gasteiger partial charge on any atom is 0.258 e. The largest absolute Gasteiger partial charge is 0.352 e. The molecule has 10 rings (SSSR count). The molecule has 2 fully saturated rings. The first-order valence-corrected chi connectivity index (χ1v) is 27.9. The van der Waals surface area contributed by atoms with Gasteiger partial charge in [0.15, 0.2) is 0 Å². The second-order valence-electron chi connectivity index (χ2n) is 20.9. The van der Waals surface area contributed by atoms with E-state index in [2.05, 4.69) is 36.8 Å². The lowest BCUT2D eigenvalue weighted by Gasteiger charge is -2.31. The number of carbonyl (C=O) groups excluding carboxylic acids is 5. The van der Waals surface area contributed by atoms with Crippen molar-refractivity contribution in [3.8, 4) is 0 Å². The summed E-state index contributed by atoms with van der Waals surface area (Å²) < 4.78 is 3.51. The Kier molecular flexibility index (Phi) is 19.4. The third-order valence-corrected chi connectivity index (χ3v) is 16.0. The maximum atomic E-state index is 13.9. The average Bonchev–Trinajstić information content (AvgIpc) is 4.12. The van der Waals surface area contributed by atoms with E-state index >= 15 is 0 Å². The topological polar surface area (TPSA) is 191 Å². The Labute approximate surface area is 478 Å². The molecule has 20 heteroatoms. The average molecular weight is 1130 g/mol. The molecule has 4 aromatic carbocycles. The zero-order valence-corrected chi connectivity index (χ0v) is 47.9. The van der Waals surface area contributed by atoms with Crippen molar-refractivity contribution in [3.63, 3.8) is 0 Å². The van der Waals surface area contributed by atoms with Crippen LogP contribution in [0.25, 0.3) is 0 Å². The first kappa shape index (κ1) is 58.2. The third kappa shape index (κ3) is 14.1. The number of nitrogens with one attached hydrogen (secondary N) is 5. The molecule has 0 spiro atoms. The predicted octanol–water partition coefficient (Wildman–Crippen LogP) is 10.4. The van der Waals surface area contributed by atoms with Crippen LogP contribution in [0.3, 0.4) is 0 Å². The fourth-order valence-corrected chi connectivity index (χ4v) is 11.2. The molecule has 2 saturated heterocycles. The van der Waals surface area contributed by atoms with Crippen molar-refractivity contribution < 1.29 is 24.0 Å². The lowest BCUT2D eigenvalue weighted by molar-refractivity contribution is -0.132. The van der Waals surface area contributed by atoms with Crippen molar-refractivity contribution in [2.24, 2.45) is 25.9 Å². The zero-order valence-electron chi connectivity index (χ0n) is 45.6. The van der Waals surface area contributed by atoms with E-state index in [0.717, 1.165) is 132 Å². The van der Waals surface area contributed by atoms with Crippen LogP contribution in [0.4, 0.5) is 34.4 Å². The van der Waals surface area contributed by atoms with Crippen molar-refractivity contribution in [2.75, 3.05) is 46.6 Å². The van der Waals surface area contributed by atoms with Crippen LogP contribution in [-0.4, -0.2) is 80.2 Å². The van der Waals surface area contributed by atoms with E-state index in [9.17, 15) is 24.0 Å².